The first-order valence-corrected chi connectivity index (χ1v) is 12.1. The molecule has 8 nitrogen and oxygen atoms in total. The second kappa shape index (κ2) is 11.1. The number of hydrogen-bond acceptors (Lipinski definition) is 5. The summed E-state index contributed by atoms with van der Waals surface area (Å²) in [4.78, 5) is 27.1. The second-order valence-corrected chi connectivity index (χ2v) is 9.55. The third-order valence-corrected chi connectivity index (χ3v) is 6.83. The van der Waals surface area contributed by atoms with Gasteiger partial charge in [0, 0.05) is 19.6 Å². The van der Waals surface area contributed by atoms with E-state index in [1.807, 2.05) is 30.3 Å². The van der Waals surface area contributed by atoms with Gasteiger partial charge in [-0.05, 0) is 49.7 Å². The van der Waals surface area contributed by atoms with Crippen molar-refractivity contribution < 1.29 is 22.7 Å². The van der Waals surface area contributed by atoms with Crippen molar-refractivity contribution in [3.63, 3.8) is 0 Å². The predicted octanol–water partition coefficient (Wildman–Crippen LogP) is 1.92. The normalized spacial score (nSPS) is 16.4. The van der Waals surface area contributed by atoms with Crippen LogP contribution in [-0.2, 0) is 26.2 Å². The molecule has 3 rings (SSSR count). The number of nitrogens with one attached hydrogen (secondary N) is 2. The fraction of sp³-hybridized carbons (Fsp3) is 0.391. The first-order chi connectivity index (χ1) is 15.4. The van der Waals surface area contributed by atoms with Gasteiger partial charge in [0.05, 0.1) is 23.8 Å². The quantitative estimate of drug-likeness (QED) is 0.596. The molecule has 0 spiro atoms. The van der Waals surface area contributed by atoms with Gasteiger partial charge in [-0.1, -0.05) is 30.3 Å². The van der Waals surface area contributed by atoms with Crippen LogP contribution in [0.3, 0.4) is 0 Å². The number of nitrogens with zero attached hydrogens (tertiary/aromatic N) is 1. The van der Waals surface area contributed by atoms with Crippen molar-refractivity contribution in [1.82, 2.24) is 14.9 Å². The van der Waals surface area contributed by atoms with E-state index in [0.717, 1.165) is 12.2 Å². The Labute approximate surface area is 189 Å². The van der Waals surface area contributed by atoms with Crippen LogP contribution in [0.25, 0.3) is 0 Å². The first-order valence-electron chi connectivity index (χ1n) is 10.6. The number of para-hydroxylation sites is 1. The van der Waals surface area contributed by atoms with E-state index in [1.54, 1.807) is 17.0 Å². The second-order valence-electron chi connectivity index (χ2n) is 7.66. The van der Waals surface area contributed by atoms with E-state index in [4.69, 9.17) is 4.74 Å². The number of carbonyl (C=O) groups excluding carboxylic acids is 2. The molecule has 0 bridgehead atoms. The zero-order valence-electron chi connectivity index (χ0n) is 18.1. The fourth-order valence-electron chi connectivity index (χ4n) is 3.62. The summed E-state index contributed by atoms with van der Waals surface area (Å²) in [5, 5.41) is 2.87. The molecule has 1 aliphatic rings. The number of sulfonamides is 1. The molecular weight excluding hydrogens is 430 g/mol. The number of carbonyl (C=O) groups is 2. The summed E-state index contributed by atoms with van der Waals surface area (Å²) in [5.74, 6) is 0.281. The average molecular weight is 460 g/mol. The maximum Gasteiger partial charge on any atom is 0.240 e. The Morgan fingerprint density at radius 2 is 1.91 bits per heavy atom. The van der Waals surface area contributed by atoms with Gasteiger partial charge in [-0.3, -0.25) is 9.59 Å². The first kappa shape index (κ1) is 23.7. The number of rotatable bonds is 9. The third kappa shape index (κ3) is 6.54. The number of amides is 2. The van der Waals surface area contributed by atoms with Gasteiger partial charge >= 0.3 is 0 Å². The molecular formula is C23H29N3O5S. The van der Waals surface area contributed by atoms with Crippen molar-refractivity contribution >= 4 is 21.8 Å². The Kier molecular flexibility index (Phi) is 8.24. The van der Waals surface area contributed by atoms with Gasteiger partial charge in [0.15, 0.2) is 0 Å². The molecule has 2 aromatic rings. The number of piperidine rings is 1. The molecule has 0 saturated carbocycles. The van der Waals surface area contributed by atoms with Crippen LogP contribution in [0, 0.1) is 5.92 Å². The third-order valence-electron chi connectivity index (χ3n) is 5.42. The van der Waals surface area contributed by atoms with Crippen molar-refractivity contribution in [3.05, 3.63) is 60.2 Å². The summed E-state index contributed by atoms with van der Waals surface area (Å²) in [5.41, 5.74) is 0.691. The topological polar surface area (TPSA) is 105 Å². The standard InChI is InChI=1S/C23H29N3O5S/c1-24-32(29,30)21-11-5-7-18(15-21)16-25-23(28)19-8-6-13-26(17-19)22(27)12-14-31-20-9-3-2-4-10-20/h2-5,7,9-11,15,19,24H,6,8,12-14,16-17H2,1H3,(H,25,28). The molecule has 0 radical (unpaired) electrons. The van der Waals surface area contributed by atoms with Crippen molar-refractivity contribution in [1.29, 1.82) is 0 Å². The van der Waals surface area contributed by atoms with E-state index in [2.05, 4.69) is 10.0 Å². The van der Waals surface area contributed by atoms with Crippen LogP contribution in [0.4, 0.5) is 0 Å². The minimum absolute atomic E-state index is 0.0246. The van der Waals surface area contributed by atoms with Gasteiger partial charge in [-0.2, -0.15) is 0 Å². The molecule has 0 aliphatic carbocycles. The maximum absolute atomic E-state index is 12.7. The molecule has 1 saturated heterocycles. The van der Waals surface area contributed by atoms with E-state index < -0.39 is 10.0 Å². The summed E-state index contributed by atoms with van der Waals surface area (Å²) in [6, 6.07) is 15.8. The van der Waals surface area contributed by atoms with Crippen LogP contribution in [0.15, 0.2) is 59.5 Å². The fourth-order valence-corrected chi connectivity index (χ4v) is 4.42. The zero-order valence-corrected chi connectivity index (χ0v) is 18.9. The molecule has 1 unspecified atom stereocenters. The smallest absolute Gasteiger partial charge is 0.240 e. The molecule has 2 N–H and O–H groups in total. The van der Waals surface area contributed by atoms with E-state index in [1.165, 1.54) is 19.2 Å². The van der Waals surface area contributed by atoms with E-state index in [0.29, 0.717) is 31.7 Å². The summed E-state index contributed by atoms with van der Waals surface area (Å²) in [7, 11) is -2.18. The Morgan fingerprint density at radius 3 is 2.66 bits per heavy atom. The molecule has 1 atom stereocenters. The van der Waals surface area contributed by atoms with Crippen molar-refractivity contribution in [2.45, 2.75) is 30.7 Å². The largest absolute Gasteiger partial charge is 0.493 e. The maximum atomic E-state index is 12.7. The SMILES string of the molecule is CNS(=O)(=O)c1cccc(CNC(=O)C2CCCN(C(=O)CCOc3ccccc3)C2)c1. The minimum atomic E-state index is -3.54. The number of benzene rings is 2. The van der Waals surface area contributed by atoms with Crippen molar-refractivity contribution in [2.24, 2.45) is 5.92 Å². The highest BCUT2D eigenvalue weighted by Crippen LogP contribution is 2.18. The monoisotopic (exact) mass is 459 g/mol. The Bertz CT molecular complexity index is 1030. The predicted molar refractivity (Wildman–Crippen MR) is 120 cm³/mol. The van der Waals surface area contributed by atoms with Crippen LogP contribution in [0.1, 0.15) is 24.8 Å². The summed E-state index contributed by atoms with van der Waals surface area (Å²) >= 11 is 0. The highest BCUT2D eigenvalue weighted by Gasteiger charge is 2.28. The Hall–Kier alpha value is -2.91. The summed E-state index contributed by atoms with van der Waals surface area (Å²) in [6.45, 7) is 1.53. The number of ether oxygens (including phenoxy) is 1. The van der Waals surface area contributed by atoms with E-state index >= 15 is 0 Å². The molecule has 1 heterocycles. The van der Waals surface area contributed by atoms with Gasteiger partial charge in [0.1, 0.15) is 5.75 Å². The molecule has 9 heteroatoms. The lowest BCUT2D eigenvalue weighted by molar-refractivity contribution is -0.136. The average Bonchev–Trinajstić information content (AvgIpc) is 2.83. The van der Waals surface area contributed by atoms with Crippen molar-refractivity contribution in [2.75, 3.05) is 26.7 Å². The van der Waals surface area contributed by atoms with E-state index in [-0.39, 0.29) is 35.6 Å². The number of hydrogen-bond donors (Lipinski definition) is 2. The molecule has 2 aromatic carbocycles. The molecule has 1 aliphatic heterocycles. The highest BCUT2D eigenvalue weighted by molar-refractivity contribution is 7.89. The van der Waals surface area contributed by atoms with Gasteiger partial charge in [0.25, 0.3) is 0 Å². The van der Waals surface area contributed by atoms with Crippen LogP contribution < -0.4 is 14.8 Å². The van der Waals surface area contributed by atoms with Crippen LogP contribution in [-0.4, -0.2) is 51.9 Å². The van der Waals surface area contributed by atoms with Crippen LogP contribution in [0.5, 0.6) is 5.75 Å². The molecule has 0 aromatic heterocycles. The molecule has 32 heavy (non-hydrogen) atoms. The summed E-state index contributed by atoms with van der Waals surface area (Å²) in [6.07, 6.45) is 1.74. The van der Waals surface area contributed by atoms with Gasteiger partial charge in [0.2, 0.25) is 21.8 Å². The van der Waals surface area contributed by atoms with E-state index in [9.17, 15) is 18.0 Å². The van der Waals surface area contributed by atoms with Gasteiger partial charge < -0.3 is 15.0 Å². The summed E-state index contributed by atoms with van der Waals surface area (Å²) < 4.78 is 31.8. The Morgan fingerprint density at radius 1 is 1.12 bits per heavy atom. The lowest BCUT2D eigenvalue weighted by Gasteiger charge is -2.32. The minimum Gasteiger partial charge on any atom is -0.493 e. The van der Waals surface area contributed by atoms with Crippen LogP contribution >= 0.6 is 0 Å². The number of likely N-dealkylation sites (tertiary alicyclic amines) is 1. The van der Waals surface area contributed by atoms with Gasteiger partial charge in [-0.15, -0.1) is 0 Å². The van der Waals surface area contributed by atoms with Crippen LogP contribution in [0.2, 0.25) is 0 Å². The van der Waals surface area contributed by atoms with Crippen molar-refractivity contribution in [3.8, 4) is 5.75 Å². The lowest BCUT2D eigenvalue weighted by Crippen LogP contribution is -2.45. The zero-order chi connectivity index (χ0) is 23.0. The Balaban J connectivity index is 1.48. The lowest BCUT2D eigenvalue weighted by atomic mass is 9.96. The molecule has 1 fully saturated rings. The molecule has 172 valence electrons. The van der Waals surface area contributed by atoms with Gasteiger partial charge in [-0.25, -0.2) is 13.1 Å². The highest BCUT2D eigenvalue weighted by atomic mass is 32.2. The molecule has 2 amide bonds.